The lowest BCUT2D eigenvalue weighted by Crippen LogP contribution is -2.41. The Morgan fingerprint density at radius 3 is 2.83 bits per heavy atom. The molecule has 24 heavy (non-hydrogen) atoms. The van der Waals surface area contributed by atoms with Crippen LogP contribution in [-0.2, 0) is 11.3 Å². The number of nitrogens with one attached hydrogen (secondary N) is 1. The Bertz CT molecular complexity index is 752. The second kappa shape index (κ2) is 7.40. The van der Waals surface area contributed by atoms with Gasteiger partial charge in [0.05, 0.1) is 18.7 Å². The van der Waals surface area contributed by atoms with Crippen molar-refractivity contribution >= 4 is 5.91 Å². The predicted octanol–water partition coefficient (Wildman–Crippen LogP) is 1.59. The van der Waals surface area contributed by atoms with Gasteiger partial charge in [-0.1, -0.05) is 30.3 Å². The van der Waals surface area contributed by atoms with Gasteiger partial charge in [-0.25, -0.2) is 4.68 Å². The maximum absolute atomic E-state index is 12.4. The summed E-state index contributed by atoms with van der Waals surface area (Å²) < 4.78 is 6.89. The zero-order valence-electron chi connectivity index (χ0n) is 13.6. The average molecular weight is 327 g/mol. The molecule has 0 unspecified atom stereocenters. The summed E-state index contributed by atoms with van der Waals surface area (Å²) in [5.74, 6) is -0.292. The van der Waals surface area contributed by atoms with Crippen LogP contribution in [0.25, 0.3) is 0 Å². The third kappa shape index (κ3) is 3.89. The normalized spacial score (nSPS) is 18.3. The molecule has 3 rings (SSSR count). The Morgan fingerprint density at radius 2 is 2.12 bits per heavy atom. The minimum atomic E-state index is -0.292. The van der Waals surface area contributed by atoms with E-state index in [1.165, 1.54) is 16.8 Å². The number of rotatable bonds is 5. The number of nitrogens with zero attached hydrogens (tertiary/aromatic N) is 2. The Morgan fingerprint density at radius 1 is 1.33 bits per heavy atom. The molecule has 0 saturated carbocycles. The Labute approximate surface area is 140 Å². The first-order valence-corrected chi connectivity index (χ1v) is 8.18. The molecule has 1 aliphatic rings. The van der Waals surface area contributed by atoms with Gasteiger partial charge in [0, 0.05) is 12.7 Å². The smallest absolute Gasteiger partial charge is 0.272 e. The van der Waals surface area contributed by atoms with Gasteiger partial charge >= 0.3 is 0 Å². The van der Waals surface area contributed by atoms with E-state index < -0.39 is 0 Å². The van der Waals surface area contributed by atoms with Gasteiger partial charge in [0.1, 0.15) is 5.69 Å². The Kier molecular flexibility index (Phi) is 5.05. The topological polar surface area (TPSA) is 73.2 Å². The van der Waals surface area contributed by atoms with E-state index in [1.54, 1.807) is 0 Å². The molecule has 1 aromatic heterocycles. The minimum Gasteiger partial charge on any atom is -0.376 e. The van der Waals surface area contributed by atoms with Gasteiger partial charge in [-0.2, -0.15) is 5.10 Å². The molecule has 0 aliphatic carbocycles. The maximum Gasteiger partial charge on any atom is 0.272 e. The highest BCUT2D eigenvalue weighted by atomic mass is 16.5. The van der Waals surface area contributed by atoms with Crippen LogP contribution in [0.15, 0.2) is 47.3 Å². The highest BCUT2D eigenvalue weighted by Gasteiger charge is 2.24. The van der Waals surface area contributed by atoms with E-state index in [9.17, 15) is 9.59 Å². The number of ether oxygens (including phenoxy) is 1. The van der Waals surface area contributed by atoms with Crippen LogP contribution < -0.4 is 10.9 Å². The fraction of sp³-hybridized carbons (Fsp3) is 0.389. The van der Waals surface area contributed by atoms with Gasteiger partial charge in [-0.15, -0.1) is 0 Å². The minimum absolute atomic E-state index is 0.0455. The van der Waals surface area contributed by atoms with Crippen molar-refractivity contribution in [3.8, 4) is 0 Å². The van der Waals surface area contributed by atoms with Crippen LogP contribution in [0.1, 0.15) is 35.8 Å². The molecule has 1 amide bonds. The quantitative estimate of drug-likeness (QED) is 0.905. The molecule has 0 radical (unpaired) electrons. The largest absolute Gasteiger partial charge is 0.376 e. The van der Waals surface area contributed by atoms with E-state index >= 15 is 0 Å². The second-order valence-electron chi connectivity index (χ2n) is 6.01. The number of carbonyl (C=O) groups excluding carboxylic acids is 1. The number of amides is 1. The lowest BCUT2D eigenvalue weighted by Gasteiger charge is -2.19. The fourth-order valence-electron chi connectivity index (χ4n) is 2.81. The van der Waals surface area contributed by atoms with Crippen molar-refractivity contribution in [1.29, 1.82) is 0 Å². The van der Waals surface area contributed by atoms with Crippen molar-refractivity contribution < 1.29 is 9.53 Å². The summed E-state index contributed by atoms with van der Waals surface area (Å²) in [6.45, 7) is 3.00. The molecule has 6 nitrogen and oxygen atoms in total. The van der Waals surface area contributed by atoms with E-state index in [-0.39, 0.29) is 29.3 Å². The number of hydrogen-bond acceptors (Lipinski definition) is 4. The van der Waals surface area contributed by atoms with Gasteiger partial charge in [-0.05, 0) is 31.4 Å². The van der Waals surface area contributed by atoms with Crippen LogP contribution in [0.4, 0.5) is 0 Å². The summed E-state index contributed by atoms with van der Waals surface area (Å²) in [5.41, 5.74) is 0.954. The molecular formula is C18H21N3O3. The monoisotopic (exact) mass is 327 g/mol. The summed E-state index contributed by atoms with van der Waals surface area (Å²) in [5, 5.41) is 7.11. The number of hydrogen-bond donors (Lipinski definition) is 1. The summed E-state index contributed by atoms with van der Waals surface area (Å²) in [4.78, 5) is 24.4. The first-order chi connectivity index (χ1) is 11.6. The lowest BCUT2D eigenvalue weighted by atomic mass is 10.1. The number of benzene rings is 1. The van der Waals surface area contributed by atoms with E-state index in [2.05, 4.69) is 10.4 Å². The van der Waals surface area contributed by atoms with Crippen molar-refractivity contribution in [1.82, 2.24) is 15.1 Å². The second-order valence-corrected chi connectivity index (χ2v) is 6.01. The van der Waals surface area contributed by atoms with Crippen LogP contribution in [0.3, 0.4) is 0 Å². The van der Waals surface area contributed by atoms with E-state index in [0.717, 1.165) is 25.0 Å². The molecule has 2 atom stereocenters. The molecule has 6 heteroatoms. The SMILES string of the molecule is C[C@H](NC(=O)c1ccc(=O)n(Cc2ccccc2)n1)[C@H]1CCCO1. The fourth-order valence-corrected chi connectivity index (χ4v) is 2.81. The molecule has 1 fully saturated rings. The molecule has 1 aromatic carbocycles. The third-order valence-electron chi connectivity index (χ3n) is 4.16. The summed E-state index contributed by atoms with van der Waals surface area (Å²) >= 11 is 0. The van der Waals surface area contributed by atoms with Gasteiger partial charge in [0.2, 0.25) is 0 Å². The molecule has 126 valence electrons. The van der Waals surface area contributed by atoms with Crippen LogP contribution in [0, 0.1) is 0 Å². The van der Waals surface area contributed by atoms with Gasteiger partial charge in [0.25, 0.3) is 11.5 Å². The van der Waals surface area contributed by atoms with Gasteiger partial charge in [0.15, 0.2) is 0 Å². The zero-order valence-corrected chi connectivity index (χ0v) is 13.6. The van der Waals surface area contributed by atoms with E-state index in [4.69, 9.17) is 4.74 Å². The maximum atomic E-state index is 12.4. The zero-order chi connectivity index (χ0) is 16.9. The number of aromatic nitrogens is 2. The summed E-state index contributed by atoms with van der Waals surface area (Å²) in [6.07, 6.45) is 2.01. The molecular weight excluding hydrogens is 306 g/mol. The van der Waals surface area contributed by atoms with Crippen LogP contribution in [0.2, 0.25) is 0 Å². The lowest BCUT2D eigenvalue weighted by molar-refractivity contribution is 0.0708. The van der Waals surface area contributed by atoms with Crippen LogP contribution >= 0.6 is 0 Å². The van der Waals surface area contributed by atoms with Crippen LogP contribution in [-0.4, -0.2) is 34.4 Å². The average Bonchev–Trinajstić information content (AvgIpc) is 3.12. The number of carbonyl (C=O) groups is 1. The van der Waals surface area contributed by atoms with E-state index in [0.29, 0.717) is 6.54 Å². The van der Waals surface area contributed by atoms with E-state index in [1.807, 2.05) is 37.3 Å². The highest BCUT2D eigenvalue weighted by molar-refractivity contribution is 5.92. The molecule has 0 spiro atoms. The molecule has 0 bridgehead atoms. The summed E-state index contributed by atoms with van der Waals surface area (Å²) in [6, 6.07) is 12.3. The van der Waals surface area contributed by atoms with Crippen molar-refractivity contribution in [2.24, 2.45) is 0 Å². The predicted molar refractivity (Wildman–Crippen MR) is 89.9 cm³/mol. The molecule has 1 aliphatic heterocycles. The van der Waals surface area contributed by atoms with Gasteiger partial charge in [-0.3, -0.25) is 9.59 Å². The summed E-state index contributed by atoms with van der Waals surface area (Å²) in [7, 11) is 0. The third-order valence-corrected chi connectivity index (χ3v) is 4.16. The Hall–Kier alpha value is -2.47. The first kappa shape index (κ1) is 16.4. The van der Waals surface area contributed by atoms with Crippen molar-refractivity contribution in [2.45, 2.75) is 38.5 Å². The van der Waals surface area contributed by atoms with Gasteiger partial charge < -0.3 is 10.1 Å². The van der Waals surface area contributed by atoms with Crippen molar-refractivity contribution in [3.05, 3.63) is 64.1 Å². The van der Waals surface area contributed by atoms with Crippen molar-refractivity contribution in [2.75, 3.05) is 6.61 Å². The Balaban J connectivity index is 1.72. The molecule has 2 aromatic rings. The van der Waals surface area contributed by atoms with Crippen molar-refractivity contribution in [3.63, 3.8) is 0 Å². The molecule has 2 heterocycles. The van der Waals surface area contributed by atoms with Crippen LogP contribution in [0.5, 0.6) is 0 Å². The molecule has 1 saturated heterocycles. The molecule has 1 N–H and O–H groups in total. The first-order valence-electron chi connectivity index (χ1n) is 8.18. The highest BCUT2D eigenvalue weighted by Crippen LogP contribution is 2.15. The standard InChI is InChI=1S/C18H21N3O3/c1-13(16-8-5-11-24-16)19-18(23)15-9-10-17(22)21(20-15)12-14-6-3-2-4-7-14/h2-4,6-7,9-10,13,16H,5,8,11-12H2,1H3,(H,19,23)/t13-,16+/m0/s1.